The minimum Gasteiger partial charge on any atom is -0.381 e. The number of benzene rings is 1. The molecule has 7 heteroatoms. The molecule has 5 rings (SSSR count). The Morgan fingerprint density at radius 2 is 2.00 bits per heavy atom. The summed E-state index contributed by atoms with van der Waals surface area (Å²) in [6.07, 6.45) is 15.2. The van der Waals surface area contributed by atoms with Gasteiger partial charge in [-0.2, -0.15) is 0 Å². The molecule has 0 bridgehead atoms. The molecular weight excluding hydrogens is 424 g/mol. The van der Waals surface area contributed by atoms with Gasteiger partial charge < -0.3 is 20.2 Å². The van der Waals surface area contributed by atoms with Crippen LogP contribution in [0.2, 0.25) is 0 Å². The van der Waals surface area contributed by atoms with E-state index in [1.165, 1.54) is 19.3 Å². The first-order valence-electron chi connectivity index (χ1n) is 12.3. The van der Waals surface area contributed by atoms with Gasteiger partial charge in [-0.15, -0.1) is 0 Å². The number of hydrogen-bond acceptors (Lipinski definition) is 4. The molecule has 0 atom stereocenters. The number of rotatable bonds is 8. The lowest BCUT2D eigenvalue weighted by molar-refractivity contribution is 0.0951. The van der Waals surface area contributed by atoms with E-state index in [0.717, 1.165) is 59.3 Å². The molecule has 0 spiro atoms. The molecule has 3 aromatic heterocycles. The van der Waals surface area contributed by atoms with Gasteiger partial charge >= 0.3 is 0 Å². The maximum Gasteiger partial charge on any atom is 0.255 e. The molecule has 0 unspecified atom stereocenters. The van der Waals surface area contributed by atoms with Gasteiger partial charge in [0.25, 0.3) is 5.91 Å². The van der Waals surface area contributed by atoms with Gasteiger partial charge in [0.05, 0.1) is 17.6 Å². The van der Waals surface area contributed by atoms with Gasteiger partial charge in [0.2, 0.25) is 0 Å². The number of fused-ring (bicyclic) bond motifs is 1. The third-order valence-corrected chi connectivity index (χ3v) is 6.62. The van der Waals surface area contributed by atoms with Crippen molar-refractivity contribution >= 4 is 22.6 Å². The maximum atomic E-state index is 13.3. The molecule has 34 heavy (non-hydrogen) atoms. The van der Waals surface area contributed by atoms with E-state index >= 15 is 0 Å². The zero-order valence-electron chi connectivity index (χ0n) is 19.7. The summed E-state index contributed by atoms with van der Waals surface area (Å²) in [5.74, 6) is -0.107. The molecule has 1 aliphatic carbocycles. The van der Waals surface area contributed by atoms with Crippen LogP contribution >= 0.6 is 0 Å². The van der Waals surface area contributed by atoms with Gasteiger partial charge in [-0.25, -0.2) is 9.97 Å². The first-order chi connectivity index (χ1) is 16.7. The lowest BCUT2D eigenvalue weighted by Crippen LogP contribution is -2.27. The third kappa shape index (κ3) is 4.83. The largest absolute Gasteiger partial charge is 0.381 e. The van der Waals surface area contributed by atoms with Crippen LogP contribution in [0.4, 0.5) is 5.69 Å². The van der Waals surface area contributed by atoms with Crippen LogP contribution < -0.4 is 10.6 Å². The number of carbonyl (C=O) groups is 1. The van der Waals surface area contributed by atoms with E-state index in [1.54, 1.807) is 18.7 Å². The van der Waals surface area contributed by atoms with Gasteiger partial charge in [-0.05, 0) is 43.0 Å². The monoisotopic (exact) mass is 456 g/mol. The lowest BCUT2D eigenvalue weighted by atomic mass is 9.95. The van der Waals surface area contributed by atoms with Crippen LogP contribution in [0.1, 0.15) is 67.1 Å². The van der Waals surface area contributed by atoms with Crippen LogP contribution in [0.25, 0.3) is 16.7 Å². The Morgan fingerprint density at radius 3 is 2.74 bits per heavy atom. The number of aromatic amines is 1. The highest BCUT2D eigenvalue weighted by atomic mass is 16.1. The summed E-state index contributed by atoms with van der Waals surface area (Å²) in [5.41, 5.74) is 5.59. The number of anilines is 1. The molecule has 1 aromatic carbocycles. The van der Waals surface area contributed by atoms with Gasteiger partial charge in [0, 0.05) is 47.9 Å². The van der Waals surface area contributed by atoms with Gasteiger partial charge in [0.1, 0.15) is 5.65 Å². The van der Waals surface area contributed by atoms with Crippen LogP contribution in [0.15, 0.2) is 55.2 Å². The van der Waals surface area contributed by atoms with Crippen LogP contribution in [-0.2, 0) is 13.0 Å². The van der Waals surface area contributed by atoms with Gasteiger partial charge in [-0.1, -0.05) is 44.7 Å². The fourth-order valence-corrected chi connectivity index (χ4v) is 4.79. The predicted molar refractivity (Wildman–Crippen MR) is 135 cm³/mol. The summed E-state index contributed by atoms with van der Waals surface area (Å²) < 4.78 is 1.95. The average molecular weight is 457 g/mol. The highest BCUT2D eigenvalue weighted by Gasteiger charge is 2.21. The van der Waals surface area contributed by atoms with Crippen LogP contribution in [-0.4, -0.2) is 31.5 Å². The van der Waals surface area contributed by atoms with Crippen molar-refractivity contribution in [2.45, 2.75) is 64.5 Å². The number of H-pyrrole nitrogens is 1. The highest BCUT2D eigenvalue weighted by molar-refractivity contribution is 6.06. The smallest absolute Gasteiger partial charge is 0.255 e. The maximum absolute atomic E-state index is 13.3. The number of hydrogen-bond donors (Lipinski definition) is 3. The number of aromatic nitrogens is 4. The summed E-state index contributed by atoms with van der Waals surface area (Å²) >= 11 is 0. The SMILES string of the molecule is CCCc1cc2c(NC3CCCCC3)c(C(=O)NCc3ccc(-n4ccnc4)cc3)cnc2[nH]1. The molecule has 176 valence electrons. The lowest BCUT2D eigenvalue weighted by Gasteiger charge is -2.25. The molecule has 1 saturated carbocycles. The molecule has 1 aliphatic rings. The number of pyridine rings is 1. The number of imidazole rings is 1. The Bertz CT molecular complexity index is 1240. The van der Waals surface area contributed by atoms with E-state index < -0.39 is 0 Å². The van der Waals surface area contributed by atoms with Crippen LogP contribution in [0, 0.1) is 0 Å². The number of nitrogens with zero attached hydrogens (tertiary/aromatic N) is 3. The van der Waals surface area contributed by atoms with Gasteiger partial charge in [0.15, 0.2) is 0 Å². The molecular formula is C27H32N6O. The Kier molecular flexibility index (Phi) is 6.60. The van der Waals surface area contributed by atoms with E-state index in [4.69, 9.17) is 0 Å². The van der Waals surface area contributed by atoms with Crippen molar-refractivity contribution in [3.05, 3.63) is 72.1 Å². The normalized spacial score (nSPS) is 14.4. The van der Waals surface area contributed by atoms with E-state index in [1.807, 2.05) is 35.0 Å². The van der Waals surface area contributed by atoms with Crippen LogP contribution in [0.5, 0.6) is 0 Å². The van der Waals surface area contributed by atoms with Crippen LogP contribution in [0.3, 0.4) is 0 Å². The first kappa shape index (κ1) is 22.2. The van der Waals surface area contributed by atoms with E-state index in [9.17, 15) is 4.79 Å². The summed E-state index contributed by atoms with van der Waals surface area (Å²) in [7, 11) is 0. The van der Waals surface area contributed by atoms with Crippen molar-refractivity contribution in [2.75, 3.05) is 5.32 Å². The van der Waals surface area contributed by atoms with Crippen molar-refractivity contribution < 1.29 is 4.79 Å². The molecule has 3 N–H and O–H groups in total. The number of nitrogens with one attached hydrogen (secondary N) is 3. The zero-order valence-corrected chi connectivity index (χ0v) is 19.7. The van der Waals surface area contributed by atoms with E-state index in [2.05, 4.69) is 38.6 Å². The van der Waals surface area contributed by atoms with Crippen molar-refractivity contribution in [1.82, 2.24) is 24.8 Å². The minimum atomic E-state index is -0.107. The second-order valence-electron chi connectivity index (χ2n) is 9.15. The predicted octanol–water partition coefficient (Wildman–Crippen LogP) is 5.38. The zero-order chi connectivity index (χ0) is 23.3. The molecule has 1 amide bonds. The topological polar surface area (TPSA) is 87.6 Å². The number of carbonyl (C=O) groups excluding carboxylic acids is 1. The highest BCUT2D eigenvalue weighted by Crippen LogP contribution is 2.31. The van der Waals surface area contributed by atoms with Crippen molar-refractivity contribution in [3.8, 4) is 5.69 Å². The fourth-order valence-electron chi connectivity index (χ4n) is 4.79. The Morgan fingerprint density at radius 1 is 1.18 bits per heavy atom. The van der Waals surface area contributed by atoms with E-state index in [-0.39, 0.29) is 5.91 Å². The molecule has 4 aromatic rings. The summed E-state index contributed by atoms with van der Waals surface area (Å²) in [6, 6.07) is 10.7. The first-order valence-corrected chi connectivity index (χ1v) is 12.3. The number of aryl methyl sites for hydroxylation is 1. The van der Waals surface area contributed by atoms with Crippen molar-refractivity contribution in [2.24, 2.45) is 0 Å². The molecule has 3 heterocycles. The van der Waals surface area contributed by atoms with E-state index in [0.29, 0.717) is 18.2 Å². The average Bonchev–Trinajstić information content (AvgIpc) is 3.54. The Balaban J connectivity index is 1.36. The summed E-state index contributed by atoms with van der Waals surface area (Å²) in [5, 5.41) is 7.82. The van der Waals surface area contributed by atoms with Crippen molar-refractivity contribution in [1.29, 1.82) is 0 Å². The standard InChI is InChI=1S/C27H32N6O/c1-2-6-21-15-23-25(31-20-7-4-3-5-8-20)24(17-29-26(23)32-21)27(34)30-16-19-9-11-22(12-10-19)33-14-13-28-18-33/h9-15,17-18,20H,2-8,16H2,1H3,(H,30,34)(H2,29,31,32). The molecule has 0 aliphatic heterocycles. The minimum absolute atomic E-state index is 0.107. The second kappa shape index (κ2) is 10.1. The van der Waals surface area contributed by atoms with Gasteiger partial charge in [-0.3, -0.25) is 4.79 Å². The molecule has 7 nitrogen and oxygen atoms in total. The Hall–Kier alpha value is -3.61. The third-order valence-electron chi connectivity index (χ3n) is 6.62. The Labute approximate surface area is 200 Å². The quantitative estimate of drug-likeness (QED) is 0.332. The molecule has 0 saturated heterocycles. The summed E-state index contributed by atoms with van der Waals surface area (Å²) in [4.78, 5) is 25.4. The second-order valence-corrected chi connectivity index (χ2v) is 9.15. The number of amides is 1. The molecule has 1 fully saturated rings. The molecule has 0 radical (unpaired) electrons. The fraction of sp³-hybridized carbons (Fsp3) is 0.370. The summed E-state index contributed by atoms with van der Waals surface area (Å²) in [6.45, 7) is 2.62. The van der Waals surface area contributed by atoms with Crippen molar-refractivity contribution in [3.63, 3.8) is 0 Å².